The molecule has 0 amide bonds. The van der Waals surface area contributed by atoms with Crippen LogP contribution in [0.25, 0.3) is 11.1 Å². The molecule has 0 aliphatic carbocycles. The van der Waals surface area contributed by atoms with Crippen molar-refractivity contribution in [2.24, 2.45) is 0 Å². The first-order valence-corrected chi connectivity index (χ1v) is 9.95. The van der Waals surface area contributed by atoms with E-state index in [0.29, 0.717) is 5.58 Å². The first-order valence-electron chi connectivity index (χ1n) is 9.95. The summed E-state index contributed by atoms with van der Waals surface area (Å²) in [5, 5.41) is 0. The number of unbranched alkanes of at least 4 members (excludes halogenated alkanes) is 1. The molecule has 0 unspecified atom stereocenters. The monoisotopic (exact) mass is 381 g/mol. The van der Waals surface area contributed by atoms with Crippen molar-refractivity contribution in [3.8, 4) is 5.75 Å². The van der Waals surface area contributed by atoms with Gasteiger partial charge >= 0.3 is 5.76 Å². The molecule has 3 aromatic rings. The number of H-pyrrole nitrogens is 1. The lowest BCUT2D eigenvalue weighted by molar-refractivity contribution is 0.252. The maximum Gasteiger partial charge on any atom is 0.417 e. The number of nitrogens with one attached hydrogen (secondary N) is 1. The van der Waals surface area contributed by atoms with Gasteiger partial charge in [0.1, 0.15) is 5.75 Å². The largest absolute Gasteiger partial charge is 0.495 e. The zero-order valence-electron chi connectivity index (χ0n) is 16.3. The molecule has 2 heterocycles. The Hall–Kier alpha value is -2.73. The fourth-order valence-electron chi connectivity index (χ4n) is 3.91. The number of aromatic nitrogens is 1. The van der Waals surface area contributed by atoms with E-state index in [1.54, 1.807) is 7.11 Å². The van der Waals surface area contributed by atoms with Crippen molar-refractivity contribution in [1.29, 1.82) is 0 Å². The Morgan fingerprint density at radius 1 is 1.07 bits per heavy atom. The summed E-state index contributed by atoms with van der Waals surface area (Å²) in [5.74, 6) is 0.561. The van der Waals surface area contributed by atoms with E-state index < -0.39 is 0 Å². The molecule has 6 heteroatoms. The molecule has 1 aromatic heterocycles. The predicted octanol–water partition coefficient (Wildman–Crippen LogP) is 3.27. The number of methoxy groups -OCH3 is 1. The average Bonchev–Trinajstić information content (AvgIpc) is 3.11. The molecule has 1 aliphatic rings. The van der Waals surface area contributed by atoms with Crippen molar-refractivity contribution in [2.45, 2.75) is 19.3 Å². The zero-order valence-corrected chi connectivity index (χ0v) is 16.3. The Kier molecular flexibility index (Phi) is 5.67. The van der Waals surface area contributed by atoms with E-state index in [4.69, 9.17) is 9.15 Å². The zero-order chi connectivity index (χ0) is 19.3. The van der Waals surface area contributed by atoms with Crippen LogP contribution in [0.3, 0.4) is 0 Å². The summed E-state index contributed by atoms with van der Waals surface area (Å²) in [7, 11) is 1.73. The number of oxazole rings is 1. The van der Waals surface area contributed by atoms with Gasteiger partial charge in [-0.3, -0.25) is 9.88 Å². The van der Waals surface area contributed by atoms with Crippen LogP contribution in [0, 0.1) is 0 Å². The lowest BCUT2D eigenvalue weighted by Crippen LogP contribution is -2.46. The minimum atomic E-state index is -0.389. The molecule has 148 valence electrons. The minimum Gasteiger partial charge on any atom is -0.495 e. The van der Waals surface area contributed by atoms with Crippen molar-refractivity contribution in [3.05, 3.63) is 58.6 Å². The lowest BCUT2D eigenvalue weighted by atomic mass is 10.1. The molecule has 1 saturated heterocycles. The van der Waals surface area contributed by atoms with Gasteiger partial charge in [0, 0.05) is 26.2 Å². The molecule has 1 aliphatic heterocycles. The topological polar surface area (TPSA) is 61.7 Å². The number of piperazine rings is 1. The third kappa shape index (κ3) is 4.22. The van der Waals surface area contributed by atoms with Crippen LogP contribution >= 0.6 is 0 Å². The standard InChI is InChI=1S/C22H27N3O3/c1-27-20-8-3-2-7-19(20)25-14-12-24(13-15-25)11-5-4-6-17-9-10-18-21(16-17)28-22(26)23-18/h2-3,7-10,16H,4-6,11-15H2,1H3,(H,23,26). The van der Waals surface area contributed by atoms with Crippen LogP contribution < -0.4 is 15.4 Å². The summed E-state index contributed by atoms with van der Waals surface area (Å²) >= 11 is 0. The Labute approximate surface area is 164 Å². The normalized spacial score (nSPS) is 15.2. The van der Waals surface area contributed by atoms with Crippen molar-refractivity contribution in [2.75, 3.05) is 44.7 Å². The number of rotatable bonds is 7. The smallest absolute Gasteiger partial charge is 0.417 e. The molecular formula is C22H27N3O3. The van der Waals surface area contributed by atoms with Crippen LogP contribution in [-0.2, 0) is 6.42 Å². The van der Waals surface area contributed by atoms with E-state index in [-0.39, 0.29) is 5.76 Å². The van der Waals surface area contributed by atoms with Gasteiger partial charge in [0.15, 0.2) is 5.58 Å². The Morgan fingerprint density at radius 2 is 1.89 bits per heavy atom. The molecule has 28 heavy (non-hydrogen) atoms. The van der Waals surface area contributed by atoms with Crippen molar-refractivity contribution in [1.82, 2.24) is 9.88 Å². The summed E-state index contributed by atoms with van der Waals surface area (Å²) in [6, 6.07) is 14.2. The van der Waals surface area contributed by atoms with Crippen molar-refractivity contribution < 1.29 is 9.15 Å². The van der Waals surface area contributed by atoms with Gasteiger partial charge in [-0.2, -0.15) is 0 Å². The van der Waals surface area contributed by atoms with Crippen molar-refractivity contribution in [3.63, 3.8) is 0 Å². The second-order valence-electron chi connectivity index (χ2n) is 7.30. The van der Waals surface area contributed by atoms with Gasteiger partial charge in [0.25, 0.3) is 0 Å². The number of aryl methyl sites for hydroxylation is 1. The summed E-state index contributed by atoms with van der Waals surface area (Å²) in [6.07, 6.45) is 3.31. The Balaban J connectivity index is 1.21. The van der Waals surface area contributed by atoms with Crippen molar-refractivity contribution >= 4 is 16.8 Å². The fraction of sp³-hybridized carbons (Fsp3) is 0.409. The second-order valence-corrected chi connectivity index (χ2v) is 7.30. The summed E-state index contributed by atoms with van der Waals surface area (Å²) in [4.78, 5) is 18.9. The maximum absolute atomic E-state index is 11.2. The molecule has 0 radical (unpaired) electrons. The quantitative estimate of drug-likeness (QED) is 0.637. The first-order chi connectivity index (χ1) is 13.7. The second kappa shape index (κ2) is 8.52. The fourth-order valence-corrected chi connectivity index (χ4v) is 3.91. The summed E-state index contributed by atoms with van der Waals surface area (Å²) in [5.41, 5.74) is 3.82. The number of hydrogen-bond donors (Lipinski definition) is 1. The molecule has 2 aromatic carbocycles. The van der Waals surface area contributed by atoms with Crippen LogP contribution in [0.4, 0.5) is 5.69 Å². The number of para-hydroxylation sites is 2. The number of nitrogens with zero attached hydrogens (tertiary/aromatic N) is 2. The Bertz CT molecular complexity index is 970. The van der Waals surface area contributed by atoms with Gasteiger partial charge in [-0.1, -0.05) is 18.2 Å². The molecule has 1 N–H and O–H groups in total. The average molecular weight is 381 g/mol. The predicted molar refractivity (Wildman–Crippen MR) is 111 cm³/mol. The van der Waals surface area contributed by atoms with E-state index in [1.165, 1.54) is 17.7 Å². The summed E-state index contributed by atoms with van der Waals surface area (Å²) < 4.78 is 10.6. The van der Waals surface area contributed by atoms with Crippen LogP contribution in [0.15, 0.2) is 51.7 Å². The molecule has 0 spiro atoms. The lowest BCUT2D eigenvalue weighted by Gasteiger charge is -2.36. The van der Waals surface area contributed by atoms with Gasteiger partial charge < -0.3 is 14.1 Å². The molecular weight excluding hydrogens is 354 g/mol. The SMILES string of the molecule is COc1ccccc1N1CCN(CCCCc2ccc3[nH]c(=O)oc3c2)CC1. The Morgan fingerprint density at radius 3 is 2.71 bits per heavy atom. The molecule has 1 fully saturated rings. The van der Waals surface area contributed by atoms with Crippen LogP contribution in [0.1, 0.15) is 18.4 Å². The first kappa shape index (κ1) is 18.6. The van der Waals surface area contributed by atoms with Gasteiger partial charge in [0.2, 0.25) is 0 Å². The van der Waals surface area contributed by atoms with E-state index in [1.807, 2.05) is 24.3 Å². The van der Waals surface area contributed by atoms with Gasteiger partial charge in [-0.05, 0) is 55.6 Å². The highest BCUT2D eigenvalue weighted by Crippen LogP contribution is 2.28. The number of hydrogen-bond acceptors (Lipinski definition) is 5. The highest BCUT2D eigenvalue weighted by atomic mass is 16.5. The highest BCUT2D eigenvalue weighted by Gasteiger charge is 2.19. The van der Waals surface area contributed by atoms with Crippen LogP contribution in [0.2, 0.25) is 0 Å². The number of benzene rings is 2. The third-order valence-corrected chi connectivity index (χ3v) is 5.47. The van der Waals surface area contributed by atoms with Crippen LogP contribution in [0.5, 0.6) is 5.75 Å². The van der Waals surface area contributed by atoms with E-state index >= 15 is 0 Å². The molecule has 4 rings (SSSR count). The minimum absolute atomic E-state index is 0.389. The molecule has 6 nitrogen and oxygen atoms in total. The van der Waals surface area contributed by atoms with Gasteiger partial charge in [-0.15, -0.1) is 0 Å². The maximum atomic E-state index is 11.2. The third-order valence-electron chi connectivity index (χ3n) is 5.47. The van der Waals surface area contributed by atoms with Gasteiger partial charge in [-0.25, -0.2) is 4.79 Å². The number of ether oxygens (including phenoxy) is 1. The number of fused-ring (bicyclic) bond motifs is 1. The van der Waals surface area contributed by atoms with E-state index in [9.17, 15) is 4.79 Å². The van der Waals surface area contributed by atoms with Gasteiger partial charge in [0.05, 0.1) is 18.3 Å². The van der Waals surface area contributed by atoms with E-state index in [0.717, 1.165) is 56.8 Å². The summed E-state index contributed by atoms with van der Waals surface area (Å²) in [6.45, 7) is 5.35. The molecule has 0 atom stereocenters. The molecule has 0 saturated carbocycles. The number of anilines is 1. The molecule has 0 bridgehead atoms. The number of aromatic amines is 1. The van der Waals surface area contributed by atoms with Crippen LogP contribution in [-0.4, -0.2) is 49.7 Å². The van der Waals surface area contributed by atoms with E-state index in [2.05, 4.69) is 33.0 Å². The highest BCUT2D eigenvalue weighted by molar-refractivity contribution is 5.72.